The molecule has 2 aliphatic rings. The van der Waals surface area contributed by atoms with Gasteiger partial charge in [0.2, 0.25) is 11.6 Å². The van der Waals surface area contributed by atoms with Crippen molar-refractivity contribution in [2.75, 3.05) is 39.9 Å². The molecule has 5 rings (SSSR count). The zero-order valence-electron chi connectivity index (χ0n) is 17.4. The fourth-order valence-electron chi connectivity index (χ4n) is 4.35. The molecule has 7 heteroatoms. The van der Waals surface area contributed by atoms with E-state index in [1.807, 2.05) is 34.9 Å². The van der Waals surface area contributed by atoms with E-state index in [1.165, 1.54) is 0 Å². The van der Waals surface area contributed by atoms with Gasteiger partial charge in [0.25, 0.3) is 0 Å². The molecule has 1 aliphatic heterocycles. The number of aromatic nitrogens is 2. The molecule has 0 saturated carbocycles. The number of imidazole rings is 1. The molecule has 0 radical (unpaired) electrons. The van der Waals surface area contributed by atoms with Gasteiger partial charge in [-0.3, -0.25) is 9.59 Å². The Morgan fingerprint density at radius 2 is 1.55 bits per heavy atom. The average molecular weight is 529 g/mol. The van der Waals surface area contributed by atoms with E-state index >= 15 is 0 Å². The highest BCUT2D eigenvalue weighted by Crippen LogP contribution is 2.31. The van der Waals surface area contributed by atoms with Crippen molar-refractivity contribution in [2.24, 2.45) is 0 Å². The van der Waals surface area contributed by atoms with Crippen molar-refractivity contribution in [2.45, 2.75) is 6.54 Å². The molecule has 0 spiro atoms. The molecule has 3 aromatic rings. The van der Waals surface area contributed by atoms with Crippen LogP contribution < -0.4 is 24.0 Å². The third-order valence-corrected chi connectivity index (χ3v) is 6.26. The predicted octanol–water partition coefficient (Wildman–Crippen LogP) is -0.194. The van der Waals surface area contributed by atoms with Gasteiger partial charge < -0.3 is 37.8 Å². The number of hydrogen-bond donors (Lipinski definition) is 0. The zero-order chi connectivity index (χ0) is 20.7. The summed E-state index contributed by atoms with van der Waals surface area (Å²) < 4.78 is 8.36. The van der Waals surface area contributed by atoms with Crippen LogP contribution in [-0.4, -0.2) is 65.5 Å². The van der Waals surface area contributed by atoms with Gasteiger partial charge in [-0.2, -0.15) is 0 Å². The molecule has 0 N–H and O–H groups in total. The first-order chi connectivity index (χ1) is 14.6. The van der Waals surface area contributed by atoms with E-state index in [4.69, 9.17) is 9.72 Å². The number of likely N-dealkylation sites (N-methyl/N-ethyl adjacent to an activating group) is 1. The molecule has 1 saturated heterocycles. The van der Waals surface area contributed by atoms with E-state index in [9.17, 15) is 9.59 Å². The fraction of sp³-hybridized carbons (Fsp3) is 0.292. The van der Waals surface area contributed by atoms with Gasteiger partial charge >= 0.3 is 0 Å². The molecule has 0 amide bonds. The second kappa shape index (κ2) is 8.64. The molecule has 0 bridgehead atoms. The molecule has 2 aromatic carbocycles. The Labute approximate surface area is 198 Å². The van der Waals surface area contributed by atoms with Crippen molar-refractivity contribution in [1.82, 2.24) is 9.55 Å². The van der Waals surface area contributed by atoms with Crippen LogP contribution in [0, 0.1) is 0 Å². The maximum Gasteiger partial charge on any atom is 0.214 e. The lowest BCUT2D eigenvalue weighted by Gasteiger charge is -2.37. The first-order valence-corrected chi connectivity index (χ1v) is 10.3. The van der Waals surface area contributed by atoms with Gasteiger partial charge in [-0.25, -0.2) is 4.98 Å². The Balaban J connectivity index is 0.00000231. The normalized spacial score (nSPS) is 16.9. The van der Waals surface area contributed by atoms with E-state index in [2.05, 4.69) is 7.05 Å². The highest BCUT2D eigenvalue weighted by atomic mass is 127. The van der Waals surface area contributed by atoms with Crippen LogP contribution in [0.25, 0.3) is 11.4 Å². The number of benzene rings is 2. The van der Waals surface area contributed by atoms with Crippen molar-refractivity contribution in [3.05, 3.63) is 77.1 Å². The second-order valence-electron chi connectivity index (χ2n) is 8.26. The first-order valence-electron chi connectivity index (χ1n) is 10.3. The summed E-state index contributed by atoms with van der Waals surface area (Å²) in [5, 5.41) is 0. The molecule has 0 atom stereocenters. The minimum atomic E-state index is -0.178. The van der Waals surface area contributed by atoms with Gasteiger partial charge in [0.05, 0.1) is 33.4 Å². The summed E-state index contributed by atoms with van der Waals surface area (Å²) in [6.07, 6.45) is 0. The van der Waals surface area contributed by atoms with Crippen LogP contribution >= 0.6 is 0 Å². The van der Waals surface area contributed by atoms with Gasteiger partial charge in [0, 0.05) is 16.7 Å². The number of ether oxygens (including phenoxy) is 1. The van der Waals surface area contributed by atoms with E-state index in [1.54, 1.807) is 24.3 Å². The lowest BCUT2D eigenvalue weighted by atomic mass is 9.90. The first kappa shape index (κ1) is 21.9. The number of fused-ring (bicyclic) bond motifs is 2. The van der Waals surface area contributed by atoms with Crippen molar-refractivity contribution in [1.29, 1.82) is 0 Å². The molecule has 1 aliphatic carbocycles. The number of carbonyl (C=O) groups excluding carboxylic acids is 2. The molecule has 6 nitrogen and oxygen atoms in total. The van der Waals surface area contributed by atoms with Crippen molar-refractivity contribution < 1.29 is 42.8 Å². The Bertz CT molecular complexity index is 1130. The van der Waals surface area contributed by atoms with Crippen LogP contribution in [0.4, 0.5) is 0 Å². The summed E-state index contributed by atoms with van der Waals surface area (Å²) >= 11 is 0. The van der Waals surface area contributed by atoms with Crippen LogP contribution in [0.1, 0.15) is 32.1 Å². The molecular formula is C24H24IN3O3. The third kappa shape index (κ3) is 3.86. The van der Waals surface area contributed by atoms with Gasteiger partial charge in [0.15, 0.2) is 0 Å². The van der Waals surface area contributed by atoms with Crippen LogP contribution in [0.2, 0.25) is 0 Å². The topological polar surface area (TPSA) is 61.2 Å². The SMILES string of the molecule is C[N+]1(CCn2c(-c3ccccc3)nc3c2C(=O)c2ccccc2C3=O)CCOCC1.[I-]. The van der Waals surface area contributed by atoms with Crippen molar-refractivity contribution >= 4 is 11.6 Å². The quantitative estimate of drug-likeness (QED) is 0.272. The maximum absolute atomic E-state index is 13.4. The summed E-state index contributed by atoms with van der Waals surface area (Å²) in [4.78, 5) is 31.3. The number of hydrogen-bond acceptors (Lipinski definition) is 4. The largest absolute Gasteiger partial charge is 1.00 e. The van der Waals surface area contributed by atoms with Gasteiger partial charge in [-0.05, 0) is 0 Å². The lowest BCUT2D eigenvalue weighted by Crippen LogP contribution is -3.00. The molecular weight excluding hydrogens is 505 g/mol. The summed E-state index contributed by atoms with van der Waals surface area (Å²) in [7, 11) is 2.22. The van der Waals surface area contributed by atoms with E-state index in [0.29, 0.717) is 29.2 Å². The number of ketones is 2. The predicted molar refractivity (Wildman–Crippen MR) is 113 cm³/mol. The van der Waals surface area contributed by atoms with Crippen LogP contribution in [0.3, 0.4) is 0 Å². The molecule has 160 valence electrons. The number of halogens is 1. The minimum Gasteiger partial charge on any atom is -1.00 e. The Morgan fingerprint density at radius 1 is 0.935 bits per heavy atom. The highest BCUT2D eigenvalue weighted by molar-refractivity contribution is 6.27. The Kier molecular flexibility index (Phi) is 6.09. The molecule has 0 unspecified atom stereocenters. The van der Waals surface area contributed by atoms with E-state index in [0.717, 1.165) is 42.9 Å². The van der Waals surface area contributed by atoms with E-state index < -0.39 is 0 Å². The highest BCUT2D eigenvalue weighted by Gasteiger charge is 2.36. The fourth-order valence-corrected chi connectivity index (χ4v) is 4.35. The number of nitrogens with zero attached hydrogens (tertiary/aromatic N) is 3. The summed E-state index contributed by atoms with van der Waals surface area (Å²) in [5.41, 5.74) is 2.48. The smallest absolute Gasteiger partial charge is 0.214 e. The van der Waals surface area contributed by atoms with Crippen LogP contribution in [-0.2, 0) is 11.3 Å². The Morgan fingerprint density at radius 3 is 2.23 bits per heavy atom. The average Bonchev–Trinajstić information content (AvgIpc) is 3.17. The number of morpholine rings is 1. The molecule has 2 heterocycles. The summed E-state index contributed by atoms with van der Waals surface area (Å²) in [6.45, 7) is 4.82. The number of rotatable bonds is 4. The maximum atomic E-state index is 13.4. The monoisotopic (exact) mass is 529 g/mol. The van der Waals surface area contributed by atoms with E-state index in [-0.39, 0.29) is 41.2 Å². The molecule has 31 heavy (non-hydrogen) atoms. The third-order valence-electron chi connectivity index (χ3n) is 6.26. The Hall–Kier alpha value is -2.36. The zero-order valence-corrected chi connectivity index (χ0v) is 19.5. The second-order valence-corrected chi connectivity index (χ2v) is 8.26. The summed E-state index contributed by atoms with van der Waals surface area (Å²) in [6, 6.07) is 16.8. The van der Waals surface area contributed by atoms with Gasteiger partial charge in [-0.15, -0.1) is 0 Å². The number of quaternary nitrogens is 1. The minimum absolute atomic E-state index is 0. The van der Waals surface area contributed by atoms with Gasteiger partial charge in [0.1, 0.15) is 30.3 Å². The van der Waals surface area contributed by atoms with Crippen LogP contribution in [0.5, 0.6) is 0 Å². The lowest BCUT2D eigenvalue weighted by molar-refractivity contribution is -0.917. The van der Waals surface area contributed by atoms with Gasteiger partial charge in [-0.1, -0.05) is 54.6 Å². The number of carbonyl (C=O) groups is 2. The summed E-state index contributed by atoms with van der Waals surface area (Å²) in [5.74, 6) is 0.373. The van der Waals surface area contributed by atoms with Crippen molar-refractivity contribution in [3.63, 3.8) is 0 Å². The molecule has 1 fully saturated rings. The molecule has 1 aromatic heterocycles. The standard InChI is InChI=1S/C24H24N3O3.HI/c1-27(13-15-30-16-14-27)12-11-26-21-20(25-24(26)17-7-3-2-4-8-17)22(28)18-9-5-6-10-19(18)23(21)29;/h2-10H,11-16H2,1H3;1H/q+1;/p-1. The van der Waals surface area contributed by atoms with Crippen molar-refractivity contribution in [3.8, 4) is 11.4 Å². The van der Waals surface area contributed by atoms with Crippen LogP contribution in [0.15, 0.2) is 54.6 Å².